The number of fused-ring (bicyclic) bond motifs is 2. The van der Waals surface area contributed by atoms with E-state index in [1.54, 1.807) is 30.3 Å². The van der Waals surface area contributed by atoms with Crippen LogP contribution in [0.4, 0.5) is 5.69 Å². The van der Waals surface area contributed by atoms with Gasteiger partial charge in [0.1, 0.15) is 17.1 Å². The van der Waals surface area contributed by atoms with Crippen LogP contribution in [0, 0.1) is 13.8 Å². The highest BCUT2D eigenvalue weighted by Crippen LogP contribution is 2.43. The van der Waals surface area contributed by atoms with Crippen molar-refractivity contribution in [3.8, 4) is 28.2 Å². The van der Waals surface area contributed by atoms with Crippen molar-refractivity contribution in [3.63, 3.8) is 0 Å². The normalized spacial score (nSPS) is 13.7. The van der Waals surface area contributed by atoms with E-state index in [0.717, 1.165) is 61.9 Å². The molecule has 316 valence electrons. The lowest BCUT2D eigenvalue weighted by Gasteiger charge is -2.34. The van der Waals surface area contributed by atoms with E-state index in [1.807, 2.05) is 48.2 Å². The van der Waals surface area contributed by atoms with Crippen LogP contribution >= 0.6 is 0 Å². The van der Waals surface area contributed by atoms with Gasteiger partial charge in [0, 0.05) is 98.3 Å². The number of carbonyl (C=O) groups is 3. The molecule has 13 heteroatoms. The standard InChI is InChI=1S/C47H56N6O7/c1-5-48-40-29-42-38(27-32(40)3)46(39-28-33(4)41(49-6-2)30-43(39)60-42)36-9-7-8-10-37(36)47(57)53-21-19-52(20-22-53)31-45(56)51-18-24-59-26-25-58-23-17-50-44(55)16-13-34-11-14-35(54)15-12-34/h7-16,27-30,48,54H,5-6,17-26,31H2,1-4H3,(H,50,55)(H,51,56)/b16-13+,49-41+. The molecule has 0 bridgehead atoms. The zero-order chi connectivity index (χ0) is 42.4. The molecular formula is C47H56N6O7. The van der Waals surface area contributed by atoms with Crippen LogP contribution in [0.1, 0.15) is 40.9 Å². The second-order valence-corrected chi connectivity index (χ2v) is 14.7. The summed E-state index contributed by atoms with van der Waals surface area (Å²) in [4.78, 5) is 47.7. The Labute approximate surface area is 351 Å². The highest BCUT2D eigenvalue weighted by atomic mass is 16.5. The van der Waals surface area contributed by atoms with Crippen molar-refractivity contribution in [2.24, 2.45) is 4.99 Å². The highest BCUT2D eigenvalue weighted by Gasteiger charge is 2.27. The van der Waals surface area contributed by atoms with Crippen molar-refractivity contribution in [2.45, 2.75) is 27.7 Å². The molecule has 0 unspecified atom stereocenters. The van der Waals surface area contributed by atoms with E-state index >= 15 is 0 Å². The third-order valence-corrected chi connectivity index (χ3v) is 10.3. The number of amides is 3. The molecule has 0 saturated carbocycles. The summed E-state index contributed by atoms with van der Waals surface area (Å²) in [6, 6.07) is 22.7. The Hall–Kier alpha value is -6.02. The van der Waals surface area contributed by atoms with Gasteiger partial charge in [0.2, 0.25) is 11.8 Å². The number of benzene rings is 4. The summed E-state index contributed by atoms with van der Waals surface area (Å²) in [7, 11) is 0. The predicted octanol–water partition coefficient (Wildman–Crippen LogP) is 5.62. The zero-order valence-corrected chi connectivity index (χ0v) is 35.0. The maximum absolute atomic E-state index is 14.3. The van der Waals surface area contributed by atoms with Crippen molar-refractivity contribution >= 4 is 40.5 Å². The molecule has 13 nitrogen and oxygen atoms in total. The molecule has 6 rings (SSSR count). The molecule has 2 aliphatic heterocycles. The Morgan fingerprint density at radius 2 is 1.55 bits per heavy atom. The minimum atomic E-state index is -0.235. The second-order valence-electron chi connectivity index (χ2n) is 14.7. The molecule has 1 saturated heterocycles. The number of aromatic hydroxyl groups is 1. The zero-order valence-electron chi connectivity index (χ0n) is 35.0. The first-order valence-corrected chi connectivity index (χ1v) is 20.7. The van der Waals surface area contributed by atoms with E-state index in [1.165, 1.54) is 6.08 Å². The number of anilines is 1. The third-order valence-electron chi connectivity index (χ3n) is 10.3. The van der Waals surface area contributed by atoms with E-state index in [9.17, 15) is 19.5 Å². The molecule has 0 aromatic heterocycles. The lowest BCUT2D eigenvalue weighted by molar-refractivity contribution is -0.123. The van der Waals surface area contributed by atoms with E-state index in [2.05, 4.69) is 53.8 Å². The topological polar surface area (TPSA) is 158 Å². The molecule has 0 atom stereocenters. The predicted molar refractivity (Wildman–Crippen MR) is 235 cm³/mol. The van der Waals surface area contributed by atoms with Gasteiger partial charge in [-0.1, -0.05) is 30.3 Å². The second kappa shape index (κ2) is 21.3. The SMILES string of the molecule is CC/N=c1\cc2oc3cc(NCC)c(C)cc3c(-c3ccccc3C(=O)N3CCN(CC(=O)NCCOCCOCCNC(=O)/C=C/c4ccc(O)cc4)CC3)c-2cc1C. The molecule has 0 spiro atoms. The van der Waals surface area contributed by atoms with Crippen LogP contribution in [0.25, 0.3) is 39.5 Å². The van der Waals surface area contributed by atoms with Gasteiger partial charge in [0.25, 0.3) is 5.91 Å². The fraction of sp³-hybridized carbons (Fsp3) is 0.362. The van der Waals surface area contributed by atoms with Crippen molar-refractivity contribution in [1.82, 2.24) is 20.4 Å². The van der Waals surface area contributed by atoms with E-state index < -0.39 is 0 Å². The smallest absolute Gasteiger partial charge is 0.254 e. The van der Waals surface area contributed by atoms with Crippen LogP contribution < -0.4 is 21.3 Å². The molecule has 1 fully saturated rings. The number of rotatable bonds is 18. The number of piperazine rings is 1. The first-order chi connectivity index (χ1) is 29.1. The van der Waals surface area contributed by atoms with Gasteiger partial charge in [-0.2, -0.15) is 0 Å². The molecule has 3 aliphatic rings. The molecule has 3 amide bonds. The van der Waals surface area contributed by atoms with Gasteiger partial charge in [0.15, 0.2) is 0 Å². The Bertz CT molecular complexity index is 2330. The van der Waals surface area contributed by atoms with Gasteiger partial charge < -0.3 is 39.8 Å². The molecule has 60 heavy (non-hydrogen) atoms. The third kappa shape index (κ3) is 11.4. The minimum absolute atomic E-state index is 0.0443. The number of nitrogens with zero attached hydrogens (tertiary/aromatic N) is 3. The first kappa shape index (κ1) is 43.6. The fourth-order valence-corrected chi connectivity index (χ4v) is 7.27. The summed E-state index contributed by atoms with van der Waals surface area (Å²) in [5.74, 6) is 0.508. The van der Waals surface area contributed by atoms with Gasteiger partial charge in [-0.3, -0.25) is 24.3 Å². The molecule has 0 radical (unpaired) electrons. The van der Waals surface area contributed by atoms with Crippen LogP contribution in [0.15, 0.2) is 88.3 Å². The lowest BCUT2D eigenvalue weighted by atomic mass is 9.89. The number of hydrogen-bond acceptors (Lipinski definition) is 10. The summed E-state index contributed by atoms with van der Waals surface area (Å²) >= 11 is 0. The van der Waals surface area contributed by atoms with Gasteiger partial charge in [0.05, 0.1) is 38.3 Å². The molecule has 1 aliphatic carbocycles. The number of carbonyl (C=O) groups excluding carboxylic acids is 3. The summed E-state index contributed by atoms with van der Waals surface area (Å²) < 4.78 is 17.7. The summed E-state index contributed by atoms with van der Waals surface area (Å²) in [6.07, 6.45) is 3.10. The largest absolute Gasteiger partial charge is 0.508 e. The summed E-state index contributed by atoms with van der Waals surface area (Å²) in [5, 5.41) is 20.3. The van der Waals surface area contributed by atoms with Crippen molar-refractivity contribution in [3.05, 3.63) is 106 Å². The average molecular weight is 817 g/mol. The van der Waals surface area contributed by atoms with Gasteiger partial charge in [-0.15, -0.1) is 0 Å². The van der Waals surface area contributed by atoms with E-state index in [0.29, 0.717) is 83.6 Å². The van der Waals surface area contributed by atoms with Crippen LogP contribution in [0.3, 0.4) is 0 Å². The highest BCUT2D eigenvalue weighted by molar-refractivity contribution is 6.09. The van der Waals surface area contributed by atoms with Crippen LogP contribution in [-0.4, -0.2) is 118 Å². The fourth-order valence-electron chi connectivity index (χ4n) is 7.27. The number of nitrogens with one attached hydrogen (secondary N) is 3. The Balaban J connectivity index is 0.972. The van der Waals surface area contributed by atoms with Gasteiger partial charge >= 0.3 is 0 Å². The number of ether oxygens (including phenoxy) is 2. The summed E-state index contributed by atoms with van der Waals surface area (Å²) in [6.45, 7) is 14.2. The van der Waals surface area contributed by atoms with Crippen LogP contribution in [0.5, 0.6) is 5.75 Å². The van der Waals surface area contributed by atoms with Crippen molar-refractivity contribution < 1.29 is 33.4 Å². The number of aryl methyl sites for hydroxylation is 2. The number of phenols is 1. The first-order valence-electron chi connectivity index (χ1n) is 20.7. The maximum atomic E-state index is 14.3. The minimum Gasteiger partial charge on any atom is -0.508 e. The van der Waals surface area contributed by atoms with Gasteiger partial charge in [-0.05, 0) is 86.4 Å². The van der Waals surface area contributed by atoms with Gasteiger partial charge in [-0.25, -0.2) is 0 Å². The quantitative estimate of drug-likeness (QED) is 0.0501. The van der Waals surface area contributed by atoms with Crippen molar-refractivity contribution in [1.29, 1.82) is 0 Å². The van der Waals surface area contributed by atoms with E-state index in [4.69, 9.17) is 18.9 Å². The van der Waals surface area contributed by atoms with Crippen LogP contribution in [0.2, 0.25) is 0 Å². The molecule has 3 aromatic carbocycles. The number of phenolic OH excluding ortho intramolecular Hbond substituents is 1. The maximum Gasteiger partial charge on any atom is 0.254 e. The van der Waals surface area contributed by atoms with E-state index in [-0.39, 0.29) is 30.0 Å². The molecule has 2 heterocycles. The Morgan fingerprint density at radius 3 is 2.27 bits per heavy atom. The Kier molecular flexibility index (Phi) is 15.5. The molecule has 3 aromatic rings. The lowest BCUT2D eigenvalue weighted by Crippen LogP contribution is -2.51. The van der Waals surface area contributed by atoms with Crippen LogP contribution in [-0.2, 0) is 19.1 Å². The molecular weight excluding hydrogens is 761 g/mol. The monoisotopic (exact) mass is 816 g/mol. The van der Waals surface area contributed by atoms with Crippen molar-refractivity contribution in [2.75, 3.05) is 90.6 Å². The Morgan fingerprint density at radius 1 is 0.833 bits per heavy atom. The number of hydrogen-bond donors (Lipinski definition) is 4. The average Bonchev–Trinajstić information content (AvgIpc) is 3.24. The summed E-state index contributed by atoms with van der Waals surface area (Å²) in [5.41, 5.74) is 8.02. The molecule has 4 N–H and O–H groups in total.